The number of hydrogen-bond donors (Lipinski definition) is 1. The van der Waals surface area contributed by atoms with E-state index < -0.39 is 16.0 Å². The van der Waals surface area contributed by atoms with Crippen molar-refractivity contribution in [2.75, 3.05) is 6.54 Å². The van der Waals surface area contributed by atoms with Crippen LogP contribution in [-0.2, 0) is 9.59 Å². The van der Waals surface area contributed by atoms with Crippen molar-refractivity contribution in [3.05, 3.63) is 0 Å². The van der Waals surface area contributed by atoms with Crippen LogP contribution in [0.5, 0.6) is 0 Å². The molecule has 0 radical (unpaired) electrons. The van der Waals surface area contributed by atoms with Gasteiger partial charge in [-0.2, -0.15) is 0 Å². The fourth-order valence-electron chi connectivity index (χ4n) is 0.431. The van der Waals surface area contributed by atoms with Crippen LogP contribution in [-0.4, -0.2) is 22.6 Å². The highest BCUT2D eigenvalue weighted by atomic mass is 35.5. The molecule has 0 aliphatic heterocycles. The fourth-order valence-corrected chi connectivity index (χ4v) is 0.565. The van der Waals surface area contributed by atoms with Gasteiger partial charge in [-0.15, -0.1) is 0 Å². The van der Waals surface area contributed by atoms with Gasteiger partial charge in [-0.1, -0.05) is 23.2 Å². The third-order valence-electron chi connectivity index (χ3n) is 1.06. The Bertz CT molecular complexity index is 179. The van der Waals surface area contributed by atoms with Crippen LogP contribution in [0.15, 0.2) is 0 Å². The van der Waals surface area contributed by atoms with Gasteiger partial charge in [-0.25, -0.2) is 0 Å². The third kappa shape index (κ3) is 2.67. The lowest BCUT2D eigenvalue weighted by Crippen LogP contribution is -2.43. The van der Waals surface area contributed by atoms with E-state index in [0.717, 1.165) is 6.92 Å². The molecule has 1 N–H and O–H groups in total. The molecule has 0 saturated heterocycles. The third-order valence-corrected chi connectivity index (χ3v) is 1.94. The molecular weight excluding hydrogens is 189 g/mol. The maximum absolute atomic E-state index is 10.9. The molecule has 0 unspecified atom stereocenters. The Balaban J connectivity index is 4.30. The summed E-state index contributed by atoms with van der Waals surface area (Å²) in [7, 11) is 0. The summed E-state index contributed by atoms with van der Waals surface area (Å²) in [5.41, 5.74) is 0. The van der Waals surface area contributed by atoms with Crippen molar-refractivity contribution in [2.24, 2.45) is 0 Å². The lowest BCUT2D eigenvalue weighted by atomic mass is 10.3. The molecule has 0 aromatic heterocycles. The number of carbonyl (C=O) groups is 2. The van der Waals surface area contributed by atoms with Crippen molar-refractivity contribution in [3.8, 4) is 0 Å². The second-order valence-corrected chi connectivity index (χ2v) is 3.32. The first-order valence-corrected chi connectivity index (χ1v) is 3.85. The molecule has 5 heteroatoms. The average molecular weight is 198 g/mol. The number of halogens is 2. The van der Waals surface area contributed by atoms with Crippen LogP contribution in [0.25, 0.3) is 0 Å². The molecule has 0 saturated carbocycles. The second kappa shape index (κ2) is 3.93. The maximum atomic E-state index is 10.9. The molecule has 0 heterocycles. The van der Waals surface area contributed by atoms with E-state index in [-0.39, 0.29) is 0 Å². The first-order valence-electron chi connectivity index (χ1n) is 3.10. The summed E-state index contributed by atoms with van der Waals surface area (Å²) >= 11 is 10.8. The Hall–Kier alpha value is -0.280. The number of ketones is 1. The number of rotatable bonds is 3. The molecule has 64 valence electrons. The van der Waals surface area contributed by atoms with Crippen molar-refractivity contribution in [2.45, 2.75) is 18.2 Å². The van der Waals surface area contributed by atoms with Crippen LogP contribution in [0.2, 0.25) is 0 Å². The molecule has 0 atom stereocenters. The Morgan fingerprint density at radius 2 is 1.91 bits per heavy atom. The van der Waals surface area contributed by atoms with E-state index in [1.807, 2.05) is 0 Å². The van der Waals surface area contributed by atoms with Crippen LogP contribution in [0.1, 0.15) is 13.8 Å². The molecule has 0 aliphatic carbocycles. The van der Waals surface area contributed by atoms with Gasteiger partial charge in [-0.05, 0) is 13.8 Å². The molecule has 0 aromatic rings. The summed E-state index contributed by atoms with van der Waals surface area (Å²) in [6, 6.07) is 0. The lowest BCUT2D eigenvalue weighted by Gasteiger charge is -2.13. The minimum absolute atomic E-state index is 0.396. The van der Waals surface area contributed by atoms with Crippen molar-refractivity contribution in [1.29, 1.82) is 0 Å². The molecule has 11 heavy (non-hydrogen) atoms. The molecule has 3 nitrogen and oxygen atoms in total. The summed E-state index contributed by atoms with van der Waals surface area (Å²) < 4.78 is -1.93. The topological polar surface area (TPSA) is 46.2 Å². The van der Waals surface area contributed by atoms with Crippen LogP contribution in [0, 0.1) is 0 Å². The SMILES string of the molecule is CCNC(=O)C(Cl)(Cl)C(C)=O. The number of alkyl halides is 2. The van der Waals surface area contributed by atoms with Crippen LogP contribution in [0.3, 0.4) is 0 Å². The highest BCUT2D eigenvalue weighted by molar-refractivity contribution is 6.67. The molecular formula is C6H9Cl2NO2. The number of hydrogen-bond acceptors (Lipinski definition) is 2. The Morgan fingerprint density at radius 3 is 2.18 bits per heavy atom. The normalized spacial score (nSPS) is 10.9. The fraction of sp³-hybridized carbons (Fsp3) is 0.667. The first-order chi connectivity index (χ1) is 4.92. The Kier molecular flexibility index (Phi) is 3.83. The summed E-state index contributed by atoms with van der Waals surface area (Å²) in [4.78, 5) is 21.6. The van der Waals surface area contributed by atoms with E-state index in [2.05, 4.69) is 5.32 Å². The number of nitrogens with one attached hydrogen (secondary N) is 1. The van der Waals surface area contributed by atoms with Gasteiger partial charge < -0.3 is 5.32 Å². The standard InChI is InChI=1S/C6H9Cl2NO2/c1-3-9-5(11)6(7,8)4(2)10/h3H2,1-2H3,(H,9,11). The Morgan fingerprint density at radius 1 is 1.45 bits per heavy atom. The first kappa shape index (κ1) is 10.7. The number of amides is 1. The molecule has 0 rings (SSSR count). The van der Waals surface area contributed by atoms with Gasteiger partial charge in [0.25, 0.3) is 10.2 Å². The summed E-state index contributed by atoms with van der Waals surface area (Å²) in [5.74, 6) is -1.25. The largest absolute Gasteiger partial charge is 0.353 e. The number of carbonyl (C=O) groups excluding carboxylic acids is 2. The minimum atomic E-state index is -1.93. The predicted molar refractivity (Wildman–Crippen MR) is 43.8 cm³/mol. The quantitative estimate of drug-likeness (QED) is 0.540. The van der Waals surface area contributed by atoms with E-state index in [9.17, 15) is 9.59 Å². The van der Waals surface area contributed by atoms with Gasteiger partial charge in [0, 0.05) is 6.54 Å². The predicted octanol–water partition coefficient (Wildman–Crippen LogP) is 0.885. The van der Waals surface area contributed by atoms with Crippen molar-refractivity contribution in [3.63, 3.8) is 0 Å². The summed E-state index contributed by atoms with van der Waals surface area (Å²) in [6.07, 6.45) is 0. The highest BCUT2D eigenvalue weighted by Gasteiger charge is 2.38. The van der Waals surface area contributed by atoms with Gasteiger partial charge in [0.05, 0.1) is 0 Å². The smallest absolute Gasteiger partial charge is 0.264 e. The monoisotopic (exact) mass is 197 g/mol. The molecule has 0 bridgehead atoms. The van der Waals surface area contributed by atoms with Crippen LogP contribution in [0.4, 0.5) is 0 Å². The van der Waals surface area contributed by atoms with Crippen LogP contribution >= 0.6 is 23.2 Å². The van der Waals surface area contributed by atoms with Gasteiger partial charge in [-0.3, -0.25) is 9.59 Å². The van der Waals surface area contributed by atoms with Crippen molar-refractivity contribution < 1.29 is 9.59 Å². The van der Waals surface area contributed by atoms with Crippen molar-refractivity contribution >= 4 is 34.9 Å². The van der Waals surface area contributed by atoms with Gasteiger partial charge in [0.15, 0.2) is 5.78 Å². The molecule has 0 aromatic carbocycles. The lowest BCUT2D eigenvalue weighted by molar-refractivity contribution is -0.128. The molecule has 0 aliphatic rings. The van der Waals surface area contributed by atoms with E-state index >= 15 is 0 Å². The highest BCUT2D eigenvalue weighted by Crippen LogP contribution is 2.21. The second-order valence-electron chi connectivity index (χ2n) is 1.99. The van der Waals surface area contributed by atoms with E-state index in [1.165, 1.54) is 0 Å². The molecule has 0 spiro atoms. The zero-order chi connectivity index (χ0) is 9.07. The number of Topliss-reactive ketones (excluding diaryl/α,β-unsaturated/α-hetero) is 1. The zero-order valence-corrected chi connectivity index (χ0v) is 7.79. The van der Waals surface area contributed by atoms with Gasteiger partial charge >= 0.3 is 0 Å². The average Bonchev–Trinajstić information content (AvgIpc) is 1.88. The minimum Gasteiger partial charge on any atom is -0.353 e. The Labute approximate surface area is 75.0 Å². The van der Waals surface area contributed by atoms with E-state index in [4.69, 9.17) is 23.2 Å². The summed E-state index contributed by atoms with van der Waals surface area (Å²) in [6.45, 7) is 3.27. The van der Waals surface area contributed by atoms with Crippen LogP contribution < -0.4 is 5.32 Å². The van der Waals surface area contributed by atoms with Gasteiger partial charge in [0.1, 0.15) is 0 Å². The van der Waals surface area contributed by atoms with Crippen molar-refractivity contribution in [1.82, 2.24) is 5.32 Å². The molecule has 1 amide bonds. The zero-order valence-electron chi connectivity index (χ0n) is 6.28. The van der Waals surface area contributed by atoms with Gasteiger partial charge in [0.2, 0.25) is 0 Å². The van der Waals surface area contributed by atoms with E-state index in [1.54, 1.807) is 6.92 Å². The maximum Gasteiger partial charge on any atom is 0.264 e. The summed E-state index contributed by atoms with van der Waals surface area (Å²) in [5, 5.41) is 2.34. The molecule has 0 fully saturated rings. The van der Waals surface area contributed by atoms with E-state index in [0.29, 0.717) is 6.54 Å².